The Bertz CT molecular complexity index is 518. The first kappa shape index (κ1) is 24.9. The fourth-order valence-electron chi connectivity index (χ4n) is 1.29. The number of rotatable bonds is 3. The third-order valence-electron chi connectivity index (χ3n) is 2.01. The maximum Gasteiger partial charge on any atom is 2.00 e. The monoisotopic (exact) mass is 384 g/mol. The Kier molecular flexibility index (Phi) is 11.7. The van der Waals surface area contributed by atoms with Crippen molar-refractivity contribution in [3.63, 3.8) is 0 Å². The molecule has 0 fully saturated rings. The van der Waals surface area contributed by atoms with Gasteiger partial charge in [-0.25, -0.2) is 0 Å². The van der Waals surface area contributed by atoms with Crippen LogP contribution in [0, 0.1) is 10.1 Å². The number of Topliss-reactive ketones (excluding diaryl/α,β-unsaturated/α-hetero) is 1. The molecule has 0 radical (unpaired) electrons. The standard InChI is InChI=1S/C12H14N2O4.2ClH.Zn/c1-12(2,3)13-11(16)10(15)8-5-4-6-9(7-8)14(17)18;;;/h4-7H,1-3H3,(H,13,16);2*1H;/q;;;+2/p-2. The Hall–Kier alpha value is -1.04. The third-order valence-corrected chi connectivity index (χ3v) is 2.01. The number of non-ortho nitro benzene ring substituents is 1. The number of hydrogen-bond acceptors (Lipinski definition) is 4. The minimum atomic E-state index is -0.784. The number of nitro benzene ring substituents is 1. The summed E-state index contributed by atoms with van der Waals surface area (Å²) in [5, 5.41) is 13.1. The van der Waals surface area contributed by atoms with Gasteiger partial charge in [0.15, 0.2) is 0 Å². The van der Waals surface area contributed by atoms with E-state index in [1.165, 1.54) is 18.2 Å². The predicted molar refractivity (Wildman–Crippen MR) is 65.3 cm³/mol. The molecule has 1 amide bonds. The number of nitro groups is 1. The van der Waals surface area contributed by atoms with Gasteiger partial charge in [0, 0.05) is 23.2 Å². The number of carbonyl (C=O) groups is 2. The number of carbonyl (C=O) groups excluding carboxylic acids is 2. The van der Waals surface area contributed by atoms with Crippen LogP contribution in [0.4, 0.5) is 5.69 Å². The Morgan fingerprint density at radius 1 is 1.19 bits per heavy atom. The smallest absolute Gasteiger partial charge is 1.00 e. The summed E-state index contributed by atoms with van der Waals surface area (Å²) in [5.41, 5.74) is -0.747. The van der Waals surface area contributed by atoms with Crippen LogP contribution in [-0.2, 0) is 24.3 Å². The fourth-order valence-corrected chi connectivity index (χ4v) is 1.29. The summed E-state index contributed by atoms with van der Waals surface area (Å²) in [5.74, 6) is -1.56. The minimum absolute atomic E-state index is 0. The van der Waals surface area contributed by atoms with Gasteiger partial charge in [-0.15, -0.1) is 0 Å². The quantitative estimate of drug-likeness (QED) is 0.187. The van der Waals surface area contributed by atoms with Crippen molar-refractivity contribution in [3.05, 3.63) is 39.9 Å². The first-order valence-corrected chi connectivity index (χ1v) is 5.32. The maximum absolute atomic E-state index is 11.8. The van der Waals surface area contributed by atoms with E-state index in [0.29, 0.717) is 0 Å². The fraction of sp³-hybridized carbons (Fsp3) is 0.333. The van der Waals surface area contributed by atoms with Crippen molar-refractivity contribution in [2.45, 2.75) is 26.3 Å². The molecule has 0 aliphatic carbocycles. The zero-order valence-electron chi connectivity index (χ0n) is 11.9. The summed E-state index contributed by atoms with van der Waals surface area (Å²) in [7, 11) is 0. The van der Waals surface area contributed by atoms with E-state index in [2.05, 4.69) is 5.32 Å². The molecule has 1 aromatic carbocycles. The van der Waals surface area contributed by atoms with Crippen LogP contribution >= 0.6 is 0 Å². The second kappa shape index (κ2) is 9.82. The molecule has 112 valence electrons. The number of ketones is 1. The van der Waals surface area contributed by atoms with Crippen LogP contribution in [0.25, 0.3) is 0 Å². The molecule has 0 heterocycles. The molecule has 0 aliphatic heterocycles. The predicted octanol–water partition coefficient (Wildman–Crippen LogP) is -4.30. The number of hydrogen-bond donors (Lipinski definition) is 1. The average molecular weight is 387 g/mol. The summed E-state index contributed by atoms with van der Waals surface area (Å²) < 4.78 is 0. The summed E-state index contributed by atoms with van der Waals surface area (Å²) in [6.45, 7) is 5.23. The van der Waals surface area contributed by atoms with Crippen LogP contribution in [0.1, 0.15) is 31.1 Å². The number of benzene rings is 1. The zero-order chi connectivity index (χ0) is 13.9. The molecular weight excluding hydrogens is 372 g/mol. The van der Waals surface area contributed by atoms with Crippen LogP contribution in [-0.4, -0.2) is 22.2 Å². The van der Waals surface area contributed by atoms with E-state index in [1.807, 2.05) is 0 Å². The van der Waals surface area contributed by atoms with Crippen molar-refractivity contribution in [1.29, 1.82) is 0 Å². The van der Waals surface area contributed by atoms with E-state index in [4.69, 9.17) is 0 Å². The van der Waals surface area contributed by atoms with E-state index in [9.17, 15) is 19.7 Å². The van der Waals surface area contributed by atoms with Crippen molar-refractivity contribution in [3.8, 4) is 0 Å². The SMILES string of the molecule is CC(C)(C)NC(=O)C(=O)c1cccc([N+](=O)[O-])c1.[Cl-].[Cl-].[Zn+2]. The van der Waals surface area contributed by atoms with E-state index >= 15 is 0 Å². The molecule has 0 aliphatic rings. The van der Waals surface area contributed by atoms with E-state index in [0.717, 1.165) is 6.07 Å². The summed E-state index contributed by atoms with van der Waals surface area (Å²) >= 11 is 0. The van der Waals surface area contributed by atoms with Gasteiger partial charge in [0.25, 0.3) is 11.6 Å². The molecule has 0 atom stereocenters. The number of halogens is 2. The topological polar surface area (TPSA) is 89.3 Å². The molecular formula is C12H14Cl2N2O4Zn. The molecule has 1 aromatic rings. The van der Waals surface area contributed by atoms with Gasteiger partial charge in [-0.2, -0.15) is 0 Å². The number of amides is 1. The van der Waals surface area contributed by atoms with Crippen molar-refractivity contribution < 1.29 is 58.8 Å². The van der Waals surface area contributed by atoms with E-state index in [-0.39, 0.29) is 55.5 Å². The summed E-state index contributed by atoms with van der Waals surface area (Å²) in [4.78, 5) is 33.3. The van der Waals surface area contributed by atoms with Crippen LogP contribution in [0.5, 0.6) is 0 Å². The van der Waals surface area contributed by atoms with Gasteiger partial charge < -0.3 is 30.1 Å². The molecule has 0 saturated carbocycles. The van der Waals surface area contributed by atoms with Crippen LogP contribution in [0.2, 0.25) is 0 Å². The zero-order valence-corrected chi connectivity index (χ0v) is 16.3. The molecule has 0 spiro atoms. The molecule has 1 rings (SSSR count). The molecule has 0 saturated heterocycles. The molecule has 21 heavy (non-hydrogen) atoms. The molecule has 0 aromatic heterocycles. The Morgan fingerprint density at radius 2 is 1.71 bits per heavy atom. The van der Waals surface area contributed by atoms with E-state index in [1.54, 1.807) is 20.8 Å². The largest absolute Gasteiger partial charge is 2.00 e. The van der Waals surface area contributed by atoms with Gasteiger partial charge >= 0.3 is 19.5 Å². The Labute approximate surface area is 147 Å². The van der Waals surface area contributed by atoms with Crippen molar-refractivity contribution >= 4 is 17.4 Å². The van der Waals surface area contributed by atoms with Crippen molar-refractivity contribution in [2.75, 3.05) is 0 Å². The van der Waals surface area contributed by atoms with Crippen molar-refractivity contribution in [2.24, 2.45) is 0 Å². The minimum Gasteiger partial charge on any atom is -1.00 e. The Balaban J connectivity index is -0.00000108. The van der Waals surface area contributed by atoms with Crippen LogP contribution < -0.4 is 30.1 Å². The molecule has 9 heteroatoms. The molecule has 0 bridgehead atoms. The number of nitrogens with zero attached hydrogens (tertiary/aromatic N) is 1. The maximum atomic E-state index is 11.8. The van der Waals surface area contributed by atoms with Gasteiger partial charge in [0.1, 0.15) is 0 Å². The average Bonchev–Trinajstić information content (AvgIpc) is 2.26. The second-order valence-corrected chi connectivity index (χ2v) is 4.84. The Morgan fingerprint density at radius 3 is 2.14 bits per heavy atom. The molecule has 6 nitrogen and oxygen atoms in total. The normalized spacial score (nSPS) is 9.29. The van der Waals surface area contributed by atoms with Gasteiger partial charge in [-0.3, -0.25) is 19.7 Å². The molecule has 1 N–H and O–H groups in total. The second-order valence-electron chi connectivity index (χ2n) is 4.84. The first-order valence-electron chi connectivity index (χ1n) is 5.32. The van der Waals surface area contributed by atoms with Gasteiger partial charge in [-0.05, 0) is 20.8 Å². The van der Waals surface area contributed by atoms with Gasteiger partial charge in [0.05, 0.1) is 4.92 Å². The molecule has 0 unspecified atom stereocenters. The van der Waals surface area contributed by atoms with Crippen LogP contribution in [0.15, 0.2) is 24.3 Å². The first-order chi connectivity index (χ1) is 8.20. The van der Waals surface area contributed by atoms with E-state index < -0.39 is 22.2 Å². The van der Waals surface area contributed by atoms with Gasteiger partial charge in [-0.1, -0.05) is 12.1 Å². The van der Waals surface area contributed by atoms with Crippen LogP contribution in [0.3, 0.4) is 0 Å². The van der Waals surface area contributed by atoms with Gasteiger partial charge in [0.2, 0.25) is 5.78 Å². The summed E-state index contributed by atoms with van der Waals surface area (Å²) in [6.07, 6.45) is 0. The number of nitrogens with one attached hydrogen (secondary N) is 1. The third kappa shape index (κ3) is 8.10. The van der Waals surface area contributed by atoms with Crippen molar-refractivity contribution in [1.82, 2.24) is 5.32 Å². The summed E-state index contributed by atoms with van der Waals surface area (Å²) in [6, 6.07) is 5.09.